The van der Waals surface area contributed by atoms with Crippen LogP contribution in [0, 0.1) is 6.92 Å². The fourth-order valence-electron chi connectivity index (χ4n) is 2.43. The first kappa shape index (κ1) is 17.9. The minimum absolute atomic E-state index is 0.454. The fourth-order valence-corrected chi connectivity index (χ4v) is 2.43. The normalized spacial score (nSPS) is 11.1. The van der Waals surface area contributed by atoms with Gasteiger partial charge in [-0.1, -0.05) is 65.7 Å². The molecular weight excluding hydrogens is 258 g/mol. The molecule has 1 rings (SSSR count). The van der Waals surface area contributed by atoms with Gasteiger partial charge in [-0.3, -0.25) is 0 Å². The summed E-state index contributed by atoms with van der Waals surface area (Å²) in [5.74, 6) is 1.25. The van der Waals surface area contributed by atoms with Crippen LogP contribution in [0.25, 0.3) is 0 Å². The Morgan fingerprint density at radius 2 is 1.57 bits per heavy atom. The lowest BCUT2D eigenvalue weighted by atomic mass is 10.1. The minimum Gasteiger partial charge on any atom is -0.354 e. The summed E-state index contributed by atoms with van der Waals surface area (Å²) in [5, 5.41) is 3.37. The van der Waals surface area contributed by atoms with Crippen molar-refractivity contribution in [2.45, 2.75) is 85.0 Å². The largest absolute Gasteiger partial charge is 0.354 e. The van der Waals surface area contributed by atoms with Crippen molar-refractivity contribution < 1.29 is 0 Å². The summed E-state index contributed by atoms with van der Waals surface area (Å²) in [4.78, 5) is 9.04. The number of rotatable bonds is 11. The number of nitrogens with one attached hydrogen (secondary N) is 1. The lowest BCUT2D eigenvalue weighted by molar-refractivity contribution is 0.580. The zero-order valence-corrected chi connectivity index (χ0v) is 14.4. The number of nitrogens with zero attached hydrogens (tertiary/aromatic N) is 2. The molecule has 0 amide bonds. The maximum absolute atomic E-state index is 4.58. The van der Waals surface area contributed by atoms with E-state index < -0.39 is 0 Å². The Morgan fingerprint density at radius 1 is 0.952 bits per heavy atom. The SMILES string of the molecule is CCCCCCCCCCNc1nc(C)cc(C(C)C)n1. The molecule has 0 aromatic carbocycles. The van der Waals surface area contributed by atoms with E-state index in [0.29, 0.717) is 5.92 Å². The second kappa shape index (κ2) is 10.6. The van der Waals surface area contributed by atoms with Crippen LogP contribution in [-0.2, 0) is 0 Å². The van der Waals surface area contributed by atoms with Crippen molar-refractivity contribution in [1.82, 2.24) is 9.97 Å². The molecule has 1 aromatic rings. The number of hydrogen-bond acceptors (Lipinski definition) is 3. The van der Waals surface area contributed by atoms with Crippen LogP contribution in [-0.4, -0.2) is 16.5 Å². The van der Waals surface area contributed by atoms with E-state index in [1.165, 1.54) is 51.4 Å². The highest BCUT2D eigenvalue weighted by atomic mass is 15.1. The molecule has 1 N–H and O–H groups in total. The molecule has 0 radical (unpaired) electrons. The lowest BCUT2D eigenvalue weighted by Crippen LogP contribution is -2.08. The zero-order chi connectivity index (χ0) is 15.5. The highest BCUT2D eigenvalue weighted by Gasteiger charge is 2.05. The van der Waals surface area contributed by atoms with Gasteiger partial charge < -0.3 is 5.32 Å². The van der Waals surface area contributed by atoms with Gasteiger partial charge in [-0.2, -0.15) is 0 Å². The minimum atomic E-state index is 0.454. The van der Waals surface area contributed by atoms with Crippen LogP contribution in [0.1, 0.15) is 89.4 Å². The van der Waals surface area contributed by atoms with Gasteiger partial charge in [0.25, 0.3) is 0 Å². The maximum atomic E-state index is 4.58. The van der Waals surface area contributed by atoms with E-state index in [-0.39, 0.29) is 0 Å². The standard InChI is InChI=1S/C18H33N3/c1-5-6-7-8-9-10-11-12-13-19-18-20-16(4)14-17(21-18)15(2)3/h14-15H,5-13H2,1-4H3,(H,19,20,21). The van der Waals surface area contributed by atoms with Crippen LogP contribution in [0.5, 0.6) is 0 Å². The van der Waals surface area contributed by atoms with Gasteiger partial charge >= 0.3 is 0 Å². The molecule has 1 heterocycles. The molecule has 0 atom stereocenters. The van der Waals surface area contributed by atoms with Gasteiger partial charge in [0.15, 0.2) is 0 Å². The molecule has 0 unspecified atom stereocenters. The third kappa shape index (κ3) is 8.03. The average molecular weight is 291 g/mol. The molecule has 3 heteroatoms. The second-order valence-electron chi connectivity index (χ2n) is 6.31. The van der Waals surface area contributed by atoms with Gasteiger partial charge in [-0.15, -0.1) is 0 Å². The molecule has 0 aliphatic heterocycles. The Balaban J connectivity index is 2.15. The highest BCUT2D eigenvalue weighted by Crippen LogP contribution is 2.14. The molecule has 0 aliphatic carbocycles. The van der Waals surface area contributed by atoms with Crippen LogP contribution in [0.15, 0.2) is 6.07 Å². The van der Waals surface area contributed by atoms with E-state index in [9.17, 15) is 0 Å². The summed E-state index contributed by atoms with van der Waals surface area (Å²) in [6, 6.07) is 2.08. The summed E-state index contributed by atoms with van der Waals surface area (Å²) in [5.41, 5.74) is 2.17. The molecule has 0 saturated carbocycles. The van der Waals surface area contributed by atoms with Crippen molar-refractivity contribution in [1.29, 1.82) is 0 Å². The third-order valence-electron chi connectivity index (χ3n) is 3.78. The molecule has 0 spiro atoms. The van der Waals surface area contributed by atoms with Gasteiger partial charge in [0.2, 0.25) is 5.95 Å². The number of hydrogen-bond donors (Lipinski definition) is 1. The smallest absolute Gasteiger partial charge is 0.223 e. The van der Waals surface area contributed by atoms with E-state index in [4.69, 9.17) is 0 Å². The predicted molar refractivity (Wildman–Crippen MR) is 92.0 cm³/mol. The third-order valence-corrected chi connectivity index (χ3v) is 3.78. The summed E-state index contributed by atoms with van der Waals surface area (Å²) >= 11 is 0. The molecule has 1 aromatic heterocycles. The van der Waals surface area contributed by atoms with E-state index >= 15 is 0 Å². The number of aryl methyl sites for hydroxylation is 1. The maximum Gasteiger partial charge on any atom is 0.223 e. The van der Waals surface area contributed by atoms with Crippen LogP contribution in [0.4, 0.5) is 5.95 Å². The zero-order valence-electron chi connectivity index (χ0n) is 14.4. The van der Waals surface area contributed by atoms with Crippen LogP contribution >= 0.6 is 0 Å². The number of unbranched alkanes of at least 4 members (excludes halogenated alkanes) is 7. The fraction of sp³-hybridized carbons (Fsp3) is 0.778. The Kier molecular flexibility index (Phi) is 9.04. The average Bonchev–Trinajstić information content (AvgIpc) is 2.45. The first-order chi connectivity index (χ1) is 10.1. The van der Waals surface area contributed by atoms with Gasteiger partial charge in [-0.25, -0.2) is 9.97 Å². The van der Waals surface area contributed by atoms with Crippen molar-refractivity contribution in [2.24, 2.45) is 0 Å². The first-order valence-electron chi connectivity index (χ1n) is 8.73. The van der Waals surface area contributed by atoms with Crippen molar-refractivity contribution in [3.63, 3.8) is 0 Å². The van der Waals surface area contributed by atoms with E-state index in [1.54, 1.807) is 0 Å². The van der Waals surface area contributed by atoms with E-state index in [1.807, 2.05) is 6.92 Å². The molecule has 120 valence electrons. The van der Waals surface area contributed by atoms with Gasteiger partial charge in [-0.05, 0) is 25.3 Å². The van der Waals surface area contributed by atoms with Gasteiger partial charge in [0, 0.05) is 17.9 Å². The Hall–Kier alpha value is -1.12. The van der Waals surface area contributed by atoms with Crippen molar-refractivity contribution >= 4 is 5.95 Å². The first-order valence-corrected chi connectivity index (χ1v) is 8.73. The van der Waals surface area contributed by atoms with E-state index in [0.717, 1.165) is 23.9 Å². The van der Waals surface area contributed by atoms with Gasteiger partial charge in [0.1, 0.15) is 0 Å². The monoisotopic (exact) mass is 291 g/mol. The predicted octanol–water partition coefficient (Wildman–Crippen LogP) is 5.46. The second-order valence-corrected chi connectivity index (χ2v) is 6.31. The Labute approximate surface area is 131 Å². The Bertz CT molecular complexity index is 388. The van der Waals surface area contributed by atoms with Crippen molar-refractivity contribution in [2.75, 3.05) is 11.9 Å². The molecule has 0 fully saturated rings. The quantitative estimate of drug-likeness (QED) is 0.550. The number of anilines is 1. The Morgan fingerprint density at radius 3 is 2.19 bits per heavy atom. The summed E-state index contributed by atoms with van der Waals surface area (Å²) < 4.78 is 0. The van der Waals surface area contributed by atoms with Crippen LogP contribution < -0.4 is 5.32 Å². The lowest BCUT2D eigenvalue weighted by Gasteiger charge is -2.10. The van der Waals surface area contributed by atoms with Gasteiger partial charge in [0.05, 0.1) is 0 Å². The molecule has 0 saturated heterocycles. The molecule has 21 heavy (non-hydrogen) atoms. The van der Waals surface area contributed by atoms with Crippen LogP contribution in [0.3, 0.4) is 0 Å². The summed E-state index contributed by atoms with van der Waals surface area (Å²) in [7, 11) is 0. The molecular formula is C18H33N3. The number of aromatic nitrogens is 2. The van der Waals surface area contributed by atoms with E-state index in [2.05, 4.69) is 42.1 Å². The topological polar surface area (TPSA) is 37.8 Å². The summed E-state index contributed by atoms with van der Waals surface area (Å²) in [6.45, 7) is 9.63. The highest BCUT2D eigenvalue weighted by molar-refractivity contribution is 5.28. The molecule has 0 bridgehead atoms. The van der Waals surface area contributed by atoms with Crippen molar-refractivity contribution in [3.8, 4) is 0 Å². The van der Waals surface area contributed by atoms with Crippen molar-refractivity contribution in [3.05, 3.63) is 17.5 Å². The summed E-state index contributed by atoms with van der Waals surface area (Å²) in [6.07, 6.45) is 10.8. The van der Waals surface area contributed by atoms with Crippen LogP contribution in [0.2, 0.25) is 0 Å². The molecule has 3 nitrogen and oxygen atoms in total. The molecule has 0 aliphatic rings.